The molecule has 0 fully saturated rings. The Hall–Kier alpha value is -0.820. The van der Waals surface area contributed by atoms with Gasteiger partial charge in [0.2, 0.25) is 0 Å². The highest BCUT2D eigenvalue weighted by molar-refractivity contribution is 5.17. The molecule has 84 valence electrons. The quantitative estimate of drug-likeness (QED) is 0.712. The molecule has 0 heterocycles. The summed E-state index contributed by atoms with van der Waals surface area (Å²) >= 11 is 0. The maximum atomic E-state index is 6.06. The normalized spacial score (nSPS) is 13.9. The van der Waals surface area contributed by atoms with Gasteiger partial charge in [-0.15, -0.1) is 0 Å². The minimum atomic E-state index is -0.0737. The molecule has 0 amide bonds. The molecule has 0 saturated carbocycles. The van der Waals surface area contributed by atoms with E-state index in [1.54, 1.807) is 0 Å². The Morgan fingerprint density at radius 2 is 1.73 bits per heavy atom. The topological polar surface area (TPSA) is 9.23 Å². The summed E-state index contributed by atoms with van der Waals surface area (Å²) in [6.07, 6.45) is 2.47. The molecule has 1 nitrogen and oxygen atoms in total. The summed E-state index contributed by atoms with van der Waals surface area (Å²) in [6, 6.07) is 10.5. The first-order chi connectivity index (χ1) is 7.03. The molecule has 0 aliphatic carbocycles. The number of hydrogen-bond acceptors (Lipinski definition) is 1. The summed E-state index contributed by atoms with van der Waals surface area (Å²) in [7, 11) is 0. The maximum absolute atomic E-state index is 6.06. The highest BCUT2D eigenvalue weighted by atomic mass is 16.5. The van der Waals surface area contributed by atoms with Gasteiger partial charge >= 0.3 is 0 Å². The second-order valence-corrected chi connectivity index (χ2v) is 4.92. The van der Waals surface area contributed by atoms with Crippen molar-refractivity contribution in [1.82, 2.24) is 0 Å². The van der Waals surface area contributed by atoms with Crippen LogP contribution in [0.1, 0.15) is 52.2 Å². The van der Waals surface area contributed by atoms with Crippen LogP contribution in [0.4, 0.5) is 0 Å². The molecule has 15 heavy (non-hydrogen) atoms. The third-order valence-corrected chi connectivity index (χ3v) is 2.22. The minimum absolute atomic E-state index is 0.0737. The standard InChI is InChI=1S/C14H22O/c1-5-9-13(15-14(2,3)4)12-10-7-6-8-11-12/h6-8,10-11,13H,5,9H2,1-4H3. The second-order valence-electron chi connectivity index (χ2n) is 4.92. The smallest absolute Gasteiger partial charge is 0.0832 e. The number of benzene rings is 1. The van der Waals surface area contributed by atoms with Crippen LogP contribution in [-0.2, 0) is 4.74 Å². The molecule has 0 radical (unpaired) electrons. The third-order valence-electron chi connectivity index (χ3n) is 2.22. The third kappa shape index (κ3) is 4.48. The van der Waals surface area contributed by atoms with Gasteiger partial charge in [-0.3, -0.25) is 0 Å². The van der Waals surface area contributed by atoms with E-state index in [0.29, 0.717) is 0 Å². The van der Waals surface area contributed by atoms with Gasteiger partial charge in [0.05, 0.1) is 11.7 Å². The predicted molar refractivity (Wildman–Crippen MR) is 64.9 cm³/mol. The molecular formula is C14H22O. The number of rotatable bonds is 4. The molecule has 1 heteroatoms. The molecule has 1 rings (SSSR count). The van der Waals surface area contributed by atoms with Crippen molar-refractivity contribution in [3.63, 3.8) is 0 Å². The fourth-order valence-corrected chi connectivity index (χ4v) is 1.65. The fourth-order valence-electron chi connectivity index (χ4n) is 1.65. The van der Waals surface area contributed by atoms with Crippen LogP contribution < -0.4 is 0 Å². The summed E-state index contributed by atoms with van der Waals surface area (Å²) < 4.78 is 6.06. The average molecular weight is 206 g/mol. The van der Waals surface area contributed by atoms with E-state index in [9.17, 15) is 0 Å². The maximum Gasteiger partial charge on any atom is 0.0832 e. The van der Waals surface area contributed by atoms with Crippen molar-refractivity contribution < 1.29 is 4.74 Å². The van der Waals surface area contributed by atoms with E-state index >= 15 is 0 Å². The first-order valence-electron chi connectivity index (χ1n) is 5.75. The van der Waals surface area contributed by atoms with Gasteiger partial charge in [0.25, 0.3) is 0 Å². The lowest BCUT2D eigenvalue weighted by molar-refractivity contribution is -0.0653. The lowest BCUT2D eigenvalue weighted by atomic mass is 10.0. The van der Waals surface area contributed by atoms with Crippen LogP contribution in [0.15, 0.2) is 30.3 Å². The van der Waals surface area contributed by atoms with Crippen LogP contribution in [0.2, 0.25) is 0 Å². The molecular weight excluding hydrogens is 184 g/mol. The minimum Gasteiger partial charge on any atom is -0.368 e. The molecule has 0 saturated heterocycles. The van der Waals surface area contributed by atoms with E-state index in [1.807, 2.05) is 6.07 Å². The molecule has 1 unspecified atom stereocenters. The van der Waals surface area contributed by atoms with Crippen LogP contribution >= 0.6 is 0 Å². The molecule has 0 aliphatic heterocycles. The zero-order valence-electron chi connectivity index (χ0n) is 10.3. The van der Waals surface area contributed by atoms with E-state index in [-0.39, 0.29) is 11.7 Å². The van der Waals surface area contributed by atoms with Gasteiger partial charge in [-0.25, -0.2) is 0 Å². The van der Waals surface area contributed by atoms with Gasteiger partial charge in [-0.05, 0) is 32.8 Å². The first kappa shape index (κ1) is 12.3. The lowest BCUT2D eigenvalue weighted by Crippen LogP contribution is -2.22. The van der Waals surface area contributed by atoms with E-state index in [2.05, 4.69) is 52.0 Å². The Labute approximate surface area is 93.5 Å². The molecule has 0 N–H and O–H groups in total. The number of hydrogen-bond donors (Lipinski definition) is 0. The van der Waals surface area contributed by atoms with Crippen molar-refractivity contribution in [1.29, 1.82) is 0 Å². The van der Waals surface area contributed by atoms with Crippen molar-refractivity contribution >= 4 is 0 Å². The summed E-state index contributed by atoms with van der Waals surface area (Å²) in [4.78, 5) is 0. The Bertz CT molecular complexity index is 271. The number of ether oxygens (including phenoxy) is 1. The monoisotopic (exact) mass is 206 g/mol. The molecule has 1 aromatic rings. The van der Waals surface area contributed by atoms with Crippen LogP contribution in [-0.4, -0.2) is 5.60 Å². The fraction of sp³-hybridized carbons (Fsp3) is 0.571. The van der Waals surface area contributed by atoms with E-state index in [0.717, 1.165) is 12.8 Å². The van der Waals surface area contributed by atoms with Crippen LogP contribution in [0.25, 0.3) is 0 Å². The van der Waals surface area contributed by atoms with Gasteiger partial charge in [-0.1, -0.05) is 43.7 Å². The Kier molecular flexibility index (Phi) is 4.34. The van der Waals surface area contributed by atoms with Crippen molar-refractivity contribution in [2.75, 3.05) is 0 Å². The molecule has 0 bridgehead atoms. The molecule has 0 aromatic heterocycles. The zero-order chi connectivity index (χ0) is 11.3. The molecule has 0 spiro atoms. The van der Waals surface area contributed by atoms with Crippen molar-refractivity contribution in [3.05, 3.63) is 35.9 Å². The molecule has 1 aromatic carbocycles. The Morgan fingerprint density at radius 3 is 2.20 bits per heavy atom. The van der Waals surface area contributed by atoms with Gasteiger partial charge in [0, 0.05) is 0 Å². The second kappa shape index (κ2) is 5.32. The summed E-state index contributed by atoms with van der Waals surface area (Å²) in [5, 5.41) is 0. The van der Waals surface area contributed by atoms with Crippen molar-refractivity contribution in [2.45, 2.75) is 52.2 Å². The zero-order valence-corrected chi connectivity index (χ0v) is 10.3. The first-order valence-corrected chi connectivity index (χ1v) is 5.75. The van der Waals surface area contributed by atoms with Crippen LogP contribution in [0.5, 0.6) is 0 Å². The summed E-state index contributed by atoms with van der Waals surface area (Å²) in [6.45, 7) is 8.53. The van der Waals surface area contributed by atoms with Gasteiger partial charge in [-0.2, -0.15) is 0 Å². The average Bonchev–Trinajstić information content (AvgIpc) is 2.17. The van der Waals surface area contributed by atoms with Gasteiger partial charge in [0.15, 0.2) is 0 Å². The Balaban J connectivity index is 2.75. The Morgan fingerprint density at radius 1 is 1.13 bits per heavy atom. The van der Waals surface area contributed by atoms with Crippen LogP contribution in [0.3, 0.4) is 0 Å². The van der Waals surface area contributed by atoms with Crippen molar-refractivity contribution in [2.24, 2.45) is 0 Å². The summed E-state index contributed by atoms with van der Waals surface area (Å²) in [5.41, 5.74) is 1.21. The highest BCUT2D eigenvalue weighted by Gasteiger charge is 2.19. The van der Waals surface area contributed by atoms with E-state index < -0.39 is 0 Å². The van der Waals surface area contributed by atoms with E-state index in [4.69, 9.17) is 4.74 Å². The highest BCUT2D eigenvalue weighted by Crippen LogP contribution is 2.27. The largest absolute Gasteiger partial charge is 0.368 e. The van der Waals surface area contributed by atoms with Crippen LogP contribution in [0, 0.1) is 0 Å². The van der Waals surface area contributed by atoms with E-state index in [1.165, 1.54) is 5.56 Å². The lowest BCUT2D eigenvalue weighted by Gasteiger charge is -2.27. The van der Waals surface area contributed by atoms with Gasteiger partial charge < -0.3 is 4.74 Å². The molecule has 1 atom stereocenters. The van der Waals surface area contributed by atoms with Crippen molar-refractivity contribution in [3.8, 4) is 0 Å². The predicted octanol–water partition coefficient (Wildman–Crippen LogP) is 4.34. The molecule has 0 aliphatic rings. The summed E-state index contributed by atoms with van der Waals surface area (Å²) in [5.74, 6) is 0. The van der Waals surface area contributed by atoms with Gasteiger partial charge in [0.1, 0.15) is 0 Å². The SMILES string of the molecule is CCCC(OC(C)(C)C)c1ccccc1.